The minimum absolute atomic E-state index is 0.0196. The lowest BCUT2D eigenvalue weighted by molar-refractivity contribution is -0.180. The number of hydrogen-bond donors (Lipinski definition) is 1. The number of benzene rings is 1. The van der Waals surface area contributed by atoms with Crippen LogP contribution in [0.5, 0.6) is 0 Å². The molecule has 0 amide bonds. The van der Waals surface area contributed by atoms with Crippen LogP contribution < -0.4 is 4.90 Å². The Kier molecular flexibility index (Phi) is 7.62. The van der Waals surface area contributed by atoms with Crippen LogP contribution in [0.15, 0.2) is 36.7 Å². The highest BCUT2D eigenvalue weighted by atomic mass is 32.1. The molecule has 0 bridgehead atoms. The maximum atomic E-state index is 13.4. The molecule has 9 heteroatoms. The SMILES string of the molecule is CCCCC(CC(=O)c1cnc(N2CCN(C)C(C(F)(F)F)C2)s1)Cc1c[nH]c2ccccc12. The molecule has 1 saturated heterocycles. The Balaban J connectivity index is 1.44. The Labute approximate surface area is 202 Å². The zero-order chi connectivity index (χ0) is 24.3. The number of unbranched alkanes of at least 4 members (excludes halogenated alkanes) is 1. The maximum Gasteiger partial charge on any atom is 0.405 e. The lowest BCUT2D eigenvalue weighted by Gasteiger charge is -2.39. The largest absolute Gasteiger partial charge is 0.405 e. The van der Waals surface area contributed by atoms with Gasteiger partial charge in [-0.05, 0) is 37.4 Å². The number of carbonyl (C=O) groups is 1. The number of alkyl halides is 3. The van der Waals surface area contributed by atoms with Gasteiger partial charge in [0.25, 0.3) is 0 Å². The summed E-state index contributed by atoms with van der Waals surface area (Å²) in [5, 5.41) is 1.68. The molecule has 34 heavy (non-hydrogen) atoms. The molecule has 2 atom stereocenters. The number of nitrogens with zero attached hydrogens (tertiary/aromatic N) is 3. The second-order valence-corrected chi connectivity index (χ2v) is 10.2. The van der Waals surface area contributed by atoms with Gasteiger partial charge in [-0.2, -0.15) is 13.2 Å². The van der Waals surface area contributed by atoms with E-state index in [4.69, 9.17) is 0 Å². The zero-order valence-electron chi connectivity index (χ0n) is 19.6. The van der Waals surface area contributed by atoms with Crippen LogP contribution in [-0.2, 0) is 6.42 Å². The first-order valence-electron chi connectivity index (χ1n) is 11.8. The van der Waals surface area contributed by atoms with Gasteiger partial charge in [0.1, 0.15) is 6.04 Å². The lowest BCUT2D eigenvalue weighted by Crippen LogP contribution is -2.57. The molecule has 5 nitrogen and oxygen atoms in total. The van der Waals surface area contributed by atoms with Gasteiger partial charge < -0.3 is 9.88 Å². The Morgan fingerprint density at radius 3 is 2.85 bits per heavy atom. The first kappa shape index (κ1) is 24.7. The molecule has 2 aromatic heterocycles. The minimum atomic E-state index is -4.29. The van der Waals surface area contributed by atoms with Crippen LogP contribution in [0.25, 0.3) is 10.9 Å². The van der Waals surface area contributed by atoms with E-state index in [0.717, 1.165) is 31.2 Å². The first-order chi connectivity index (χ1) is 16.3. The molecule has 1 aliphatic rings. The van der Waals surface area contributed by atoms with Gasteiger partial charge in [-0.1, -0.05) is 49.3 Å². The topological polar surface area (TPSA) is 52.2 Å². The number of likely N-dealkylation sites (N-methyl/N-ethyl adjacent to an activating group) is 1. The van der Waals surface area contributed by atoms with Crippen LogP contribution in [0.3, 0.4) is 0 Å². The standard InChI is InChI=1S/C25H31F3N4OS/c1-3-4-7-17(12-18-14-29-20-9-6-5-8-19(18)20)13-21(33)22-15-30-24(34-22)32-11-10-31(2)23(16-32)25(26,27)28/h5-6,8-9,14-15,17,23,29H,3-4,7,10-13,16H2,1-2H3. The molecule has 0 radical (unpaired) electrons. The summed E-state index contributed by atoms with van der Waals surface area (Å²) in [4.78, 5) is 24.3. The second kappa shape index (κ2) is 10.5. The maximum absolute atomic E-state index is 13.4. The van der Waals surface area contributed by atoms with Crippen molar-refractivity contribution in [1.82, 2.24) is 14.9 Å². The predicted molar refractivity (Wildman–Crippen MR) is 131 cm³/mol. The number of piperazine rings is 1. The Bertz CT molecular complexity index is 1110. The molecule has 0 aliphatic carbocycles. The molecular weight excluding hydrogens is 461 g/mol. The zero-order valence-corrected chi connectivity index (χ0v) is 20.4. The molecule has 1 aliphatic heterocycles. The van der Waals surface area contributed by atoms with Crippen molar-refractivity contribution in [2.24, 2.45) is 5.92 Å². The van der Waals surface area contributed by atoms with E-state index >= 15 is 0 Å². The molecule has 1 aromatic carbocycles. The average Bonchev–Trinajstić information content (AvgIpc) is 3.45. The molecule has 0 saturated carbocycles. The van der Waals surface area contributed by atoms with Gasteiger partial charge in [0.2, 0.25) is 0 Å². The second-order valence-electron chi connectivity index (χ2n) is 9.19. The highest BCUT2D eigenvalue weighted by molar-refractivity contribution is 7.17. The van der Waals surface area contributed by atoms with Crippen molar-refractivity contribution < 1.29 is 18.0 Å². The van der Waals surface area contributed by atoms with Crippen LogP contribution in [0, 0.1) is 5.92 Å². The van der Waals surface area contributed by atoms with Crippen LogP contribution in [-0.4, -0.2) is 59.6 Å². The number of hydrogen-bond acceptors (Lipinski definition) is 5. The number of thiazole rings is 1. The van der Waals surface area contributed by atoms with Crippen LogP contribution in [0.2, 0.25) is 0 Å². The number of ketones is 1. The Morgan fingerprint density at radius 2 is 2.09 bits per heavy atom. The van der Waals surface area contributed by atoms with Gasteiger partial charge in [0.15, 0.2) is 10.9 Å². The molecule has 1 N–H and O–H groups in total. The molecular formula is C25H31F3N4OS. The summed E-state index contributed by atoms with van der Waals surface area (Å²) in [5.41, 5.74) is 2.31. The number of para-hydroxylation sites is 1. The van der Waals surface area contributed by atoms with Gasteiger partial charge in [-0.25, -0.2) is 4.98 Å². The number of Topliss-reactive ketones (excluding diaryl/α,β-unsaturated/α-hetero) is 1. The average molecular weight is 493 g/mol. The molecule has 2 unspecified atom stereocenters. The van der Waals surface area contributed by atoms with Crippen molar-refractivity contribution in [3.8, 4) is 0 Å². The molecule has 1 fully saturated rings. The Morgan fingerprint density at radius 1 is 1.29 bits per heavy atom. The number of fused-ring (bicyclic) bond motifs is 1. The summed E-state index contributed by atoms with van der Waals surface area (Å²) in [7, 11) is 1.50. The molecule has 184 valence electrons. The van der Waals surface area contributed by atoms with Crippen molar-refractivity contribution in [1.29, 1.82) is 0 Å². The Hall–Kier alpha value is -2.39. The van der Waals surface area contributed by atoms with Gasteiger partial charge in [0, 0.05) is 43.2 Å². The van der Waals surface area contributed by atoms with E-state index in [1.54, 1.807) is 4.90 Å². The number of anilines is 1. The number of nitrogens with one attached hydrogen (secondary N) is 1. The van der Waals surface area contributed by atoms with E-state index in [-0.39, 0.29) is 18.2 Å². The number of aromatic amines is 1. The minimum Gasteiger partial charge on any atom is -0.361 e. The number of halogens is 3. The number of carbonyl (C=O) groups excluding carboxylic acids is 1. The van der Waals surface area contributed by atoms with Gasteiger partial charge in [-0.15, -0.1) is 0 Å². The third kappa shape index (κ3) is 5.63. The molecule has 3 heterocycles. The van der Waals surface area contributed by atoms with Gasteiger partial charge >= 0.3 is 6.18 Å². The third-order valence-electron chi connectivity index (χ3n) is 6.69. The fraction of sp³-hybridized carbons (Fsp3) is 0.520. The van der Waals surface area contributed by atoms with E-state index in [1.165, 1.54) is 40.4 Å². The van der Waals surface area contributed by atoms with E-state index in [9.17, 15) is 18.0 Å². The monoisotopic (exact) mass is 492 g/mol. The number of aromatic nitrogens is 2. The van der Waals surface area contributed by atoms with Crippen LogP contribution in [0.1, 0.15) is 47.8 Å². The smallest absolute Gasteiger partial charge is 0.361 e. The summed E-state index contributed by atoms with van der Waals surface area (Å²) in [5.74, 6) is 0.224. The van der Waals surface area contributed by atoms with Gasteiger partial charge in [-0.3, -0.25) is 9.69 Å². The quantitative estimate of drug-likeness (QED) is 0.376. The van der Waals surface area contributed by atoms with Crippen molar-refractivity contribution in [3.63, 3.8) is 0 Å². The highest BCUT2D eigenvalue weighted by Gasteiger charge is 2.45. The summed E-state index contributed by atoms with van der Waals surface area (Å²) in [6, 6.07) is 6.63. The summed E-state index contributed by atoms with van der Waals surface area (Å²) in [6.07, 6.45) is 3.57. The van der Waals surface area contributed by atoms with Crippen molar-refractivity contribution >= 4 is 33.2 Å². The fourth-order valence-corrected chi connectivity index (χ4v) is 5.58. The lowest BCUT2D eigenvalue weighted by atomic mass is 9.89. The van der Waals surface area contributed by atoms with Crippen molar-refractivity contribution in [2.75, 3.05) is 31.6 Å². The molecule has 3 aromatic rings. The van der Waals surface area contributed by atoms with Gasteiger partial charge in [0.05, 0.1) is 11.1 Å². The predicted octanol–water partition coefficient (Wildman–Crippen LogP) is 5.93. The first-order valence-corrected chi connectivity index (χ1v) is 12.6. The van der Waals surface area contributed by atoms with Crippen LogP contribution in [0.4, 0.5) is 18.3 Å². The van der Waals surface area contributed by atoms with Crippen molar-refractivity contribution in [3.05, 3.63) is 47.1 Å². The fourth-order valence-electron chi connectivity index (χ4n) is 4.68. The summed E-state index contributed by atoms with van der Waals surface area (Å²) in [6.45, 7) is 2.74. The molecule has 0 spiro atoms. The van der Waals surface area contributed by atoms with E-state index in [1.807, 2.05) is 24.4 Å². The highest BCUT2D eigenvalue weighted by Crippen LogP contribution is 2.32. The van der Waals surface area contributed by atoms with Crippen LogP contribution >= 0.6 is 11.3 Å². The van der Waals surface area contributed by atoms with Crippen molar-refractivity contribution in [2.45, 2.75) is 51.2 Å². The van der Waals surface area contributed by atoms with E-state index < -0.39 is 12.2 Å². The molecule has 4 rings (SSSR count). The number of H-pyrrole nitrogens is 1. The third-order valence-corrected chi connectivity index (χ3v) is 7.79. The van der Waals surface area contributed by atoms with E-state index in [2.05, 4.69) is 23.0 Å². The normalized spacial score (nSPS) is 18.5. The van der Waals surface area contributed by atoms with E-state index in [0.29, 0.717) is 29.5 Å². The summed E-state index contributed by atoms with van der Waals surface area (Å²) >= 11 is 1.21. The number of rotatable bonds is 9. The summed E-state index contributed by atoms with van der Waals surface area (Å²) < 4.78 is 40.1.